The number of piperazine rings is 1. The first-order chi connectivity index (χ1) is 13.2. The highest BCUT2D eigenvalue weighted by Crippen LogP contribution is 2.26. The number of nitrogens with zero attached hydrogens (tertiary/aromatic N) is 5. The smallest absolute Gasteiger partial charge is 0.254 e. The Hall–Kier alpha value is -2.99. The van der Waals surface area contributed by atoms with Gasteiger partial charge in [0.15, 0.2) is 0 Å². The largest absolute Gasteiger partial charge is 0.329 e. The van der Waals surface area contributed by atoms with Crippen LogP contribution in [0, 0.1) is 0 Å². The van der Waals surface area contributed by atoms with Crippen molar-refractivity contribution < 1.29 is 4.79 Å². The zero-order valence-electron chi connectivity index (χ0n) is 15.4. The number of rotatable bonds is 4. The van der Waals surface area contributed by atoms with Gasteiger partial charge in [0.05, 0.1) is 12.6 Å². The summed E-state index contributed by atoms with van der Waals surface area (Å²) in [6.45, 7) is 3.12. The summed E-state index contributed by atoms with van der Waals surface area (Å²) >= 11 is 0. The van der Waals surface area contributed by atoms with Gasteiger partial charge >= 0.3 is 0 Å². The van der Waals surface area contributed by atoms with Crippen molar-refractivity contribution in [3.63, 3.8) is 0 Å². The molecule has 2 heterocycles. The summed E-state index contributed by atoms with van der Waals surface area (Å²) < 4.78 is 1.77. The first kappa shape index (κ1) is 17.4. The van der Waals surface area contributed by atoms with Crippen LogP contribution in [0.4, 0.5) is 0 Å². The fraction of sp³-hybridized carbons (Fsp3) is 0.286. The second-order valence-corrected chi connectivity index (χ2v) is 6.98. The maximum absolute atomic E-state index is 13.2. The minimum absolute atomic E-state index is 0.0762. The average molecular weight is 361 g/mol. The Bertz CT molecular complexity index is 877. The lowest BCUT2D eigenvalue weighted by molar-refractivity contribution is 0.0498. The van der Waals surface area contributed by atoms with Crippen LogP contribution in [-0.2, 0) is 6.54 Å². The van der Waals surface area contributed by atoms with Crippen molar-refractivity contribution in [2.45, 2.75) is 12.6 Å². The van der Waals surface area contributed by atoms with Crippen molar-refractivity contribution in [1.82, 2.24) is 24.6 Å². The van der Waals surface area contributed by atoms with E-state index in [0.717, 1.165) is 30.8 Å². The molecule has 6 heteroatoms. The zero-order chi connectivity index (χ0) is 18.6. The number of amides is 1. The molecular weight excluding hydrogens is 338 g/mol. The van der Waals surface area contributed by atoms with Crippen molar-refractivity contribution in [2.75, 3.05) is 26.7 Å². The van der Waals surface area contributed by atoms with Crippen LogP contribution >= 0.6 is 0 Å². The maximum atomic E-state index is 13.2. The van der Waals surface area contributed by atoms with Gasteiger partial charge < -0.3 is 9.80 Å². The minimum atomic E-state index is 0.0762. The first-order valence-corrected chi connectivity index (χ1v) is 9.16. The molecule has 1 fully saturated rings. The number of aromatic nitrogens is 3. The van der Waals surface area contributed by atoms with Gasteiger partial charge in [-0.25, -0.2) is 9.67 Å². The number of carbonyl (C=O) groups is 1. The molecule has 2 aromatic carbocycles. The van der Waals surface area contributed by atoms with Gasteiger partial charge in [-0.05, 0) is 30.3 Å². The van der Waals surface area contributed by atoms with Crippen LogP contribution < -0.4 is 0 Å². The normalized spacial score (nSPS) is 17.8. The van der Waals surface area contributed by atoms with E-state index in [2.05, 4.69) is 34.2 Å². The number of carbonyl (C=O) groups excluding carboxylic acids is 1. The van der Waals surface area contributed by atoms with Gasteiger partial charge in [-0.3, -0.25) is 4.79 Å². The third kappa shape index (κ3) is 3.90. The summed E-state index contributed by atoms with van der Waals surface area (Å²) in [7, 11) is 2.11. The van der Waals surface area contributed by atoms with E-state index < -0.39 is 0 Å². The summed E-state index contributed by atoms with van der Waals surface area (Å²) in [6, 6.07) is 18.2. The van der Waals surface area contributed by atoms with Gasteiger partial charge in [0.1, 0.15) is 12.7 Å². The third-order valence-corrected chi connectivity index (χ3v) is 5.04. The maximum Gasteiger partial charge on any atom is 0.254 e. The summed E-state index contributed by atoms with van der Waals surface area (Å²) in [5.74, 6) is 0.0873. The first-order valence-electron chi connectivity index (χ1n) is 9.16. The van der Waals surface area contributed by atoms with Gasteiger partial charge in [-0.2, -0.15) is 5.10 Å². The molecule has 1 amide bonds. The Labute approximate surface area is 159 Å². The van der Waals surface area contributed by atoms with E-state index >= 15 is 0 Å². The number of hydrogen-bond acceptors (Lipinski definition) is 4. The molecule has 6 nitrogen and oxygen atoms in total. The Morgan fingerprint density at radius 3 is 2.56 bits per heavy atom. The van der Waals surface area contributed by atoms with Crippen LogP contribution in [0.15, 0.2) is 67.3 Å². The quantitative estimate of drug-likeness (QED) is 0.716. The predicted octanol–water partition coefficient (Wildman–Crippen LogP) is 2.46. The average Bonchev–Trinajstić information content (AvgIpc) is 3.22. The molecule has 1 aliphatic heterocycles. The standard InChI is InChI=1S/C21H23N5O/c1-24-11-12-26(20(14-24)18-5-3-2-4-6-18)21(27)19-9-7-17(8-10-19)13-25-16-22-15-23-25/h2-10,15-16,20H,11-14H2,1H3/t20-/m1/s1. The van der Waals surface area contributed by atoms with E-state index in [0.29, 0.717) is 6.54 Å². The molecule has 0 radical (unpaired) electrons. The monoisotopic (exact) mass is 361 g/mol. The van der Waals surface area contributed by atoms with Crippen molar-refractivity contribution in [3.05, 3.63) is 83.9 Å². The molecule has 1 saturated heterocycles. The van der Waals surface area contributed by atoms with E-state index in [9.17, 15) is 4.79 Å². The summed E-state index contributed by atoms with van der Waals surface area (Å²) in [6.07, 6.45) is 3.21. The molecule has 1 aromatic heterocycles. The highest BCUT2D eigenvalue weighted by Gasteiger charge is 2.30. The Morgan fingerprint density at radius 2 is 1.85 bits per heavy atom. The SMILES string of the molecule is CN1CCN(C(=O)c2ccc(Cn3cncn3)cc2)[C@@H](c2ccccc2)C1. The fourth-order valence-electron chi connectivity index (χ4n) is 3.54. The molecule has 0 unspecified atom stereocenters. The van der Waals surface area contributed by atoms with Crippen LogP contribution in [-0.4, -0.2) is 57.2 Å². The molecule has 0 bridgehead atoms. The second kappa shape index (κ2) is 7.72. The molecule has 0 spiro atoms. The highest BCUT2D eigenvalue weighted by atomic mass is 16.2. The van der Waals surface area contributed by atoms with Crippen LogP contribution in [0.5, 0.6) is 0 Å². The van der Waals surface area contributed by atoms with Crippen LogP contribution in [0.3, 0.4) is 0 Å². The van der Waals surface area contributed by atoms with Gasteiger partial charge in [0.2, 0.25) is 0 Å². The highest BCUT2D eigenvalue weighted by molar-refractivity contribution is 5.94. The van der Waals surface area contributed by atoms with Crippen molar-refractivity contribution in [2.24, 2.45) is 0 Å². The fourth-order valence-corrected chi connectivity index (χ4v) is 3.54. The lowest BCUT2D eigenvalue weighted by atomic mass is 10.0. The molecule has 1 aliphatic rings. The van der Waals surface area contributed by atoms with Crippen molar-refractivity contribution in [3.8, 4) is 0 Å². The molecule has 4 rings (SSSR count). The molecule has 0 aliphatic carbocycles. The van der Waals surface area contributed by atoms with E-state index in [1.54, 1.807) is 11.0 Å². The van der Waals surface area contributed by atoms with Crippen molar-refractivity contribution in [1.29, 1.82) is 0 Å². The Kier molecular flexibility index (Phi) is 4.98. The van der Waals surface area contributed by atoms with Crippen LogP contribution in [0.25, 0.3) is 0 Å². The van der Waals surface area contributed by atoms with Crippen LogP contribution in [0.2, 0.25) is 0 Å². The molecule has 0 N–H and O–H groups in total. The molecule has 1 atom stereocenters. The van der Waals surface area contributed by atoms with E-state index in [4.69, 9.17) is 0 Å². The predicted molar refractivity (Wildman–Crippen MR) is 103 cm³/mol. The van der Waals surface area contributed by atoms with Crippen LogP contribution in [0.1, 0.15) is 27.5 Å². The third-order valence-electron chi connectivity index (χ3n) is 5.04. The number of benzene rings is 2. The number of likely N-dealkylation sites (N-methyl/N-ethyl adjacent to an activating group) is 1. The van der Waals surface area contributed by atoms with Gasteiger partial charge in [0.25, 0.3) is 5.91 Å². The van der Waals surface area contributed by atoms with E-state index in [-0.39, 0.29) is 11.9 Å². The zero-order valence-corrected chi connectivity index (χ0v) is 15.4. The van der Waals surface area contributed by atoms with Gasteiger partial charge in [-0.15, -0.1) is 0 Å². The van der Waals surface area contributed by atoms with Crippen molar-refractivity contribution >= 4 is 5.91 Å². The molecular formula is C21H23N5O. The Morgan fingerprint density at radius 1 is 1.07 bits per heavy atom. The second-order valence-electron chi connectivity index (χ2n) is 6.98. The van der Waals surface area contributed by atoms with Gasteiger partial charge in [-0.1, -0.05) is 42.5 Å². The lowest BCUT2D eigenvalue weighted by Crippen LogP contribution is -2.49. The summed E-state index contributed by atoms with van der Waals surface area (Å²) in [5, 5.41) is 4.12. The molecule has 0 saturated carbocycles. The van der Waals surface area contributed by atoms with Gasteiger partial charge in [0, 0.05) is 25.2 Å². The summed E-state index contributed by atoms with van der Waals surface area (Å²) in [4.78, 5) is 21.4. The van der Waals surface area contributed by atoms with E-state index in [1.165, 1.54) is 11.9 Å². The minimum Gasteiger partial charge on any atom is -0.329 e. The summed E-state index contributed by atoms with van der Waals surface area (Å²) in [5.41, 5.74) is 3.00. The van der Waals surface area contributed by atoms with E-state index in [1.807, 2.05) is 47.4 Å². The number of hydrogen-bond donors (Lipinski definition) is 0. The molecule has 138 valence electrons. The molecule has 27 heavy (non-hydrogen) atoms. The lowest BCUT2D eigenvalue weighted by Gasteiger charge is -2.40. The molecule has 3 aromatic rings. The Balaban J connectivity index is 1.53. The topological polar surface area (TPSA) is 54.3 Å².